The van der Waals surface area contributed by atoms with Gasteiger partial charge in [0.25, 0.3) is 15.9 Å². The van der Waals surface area contributed by atoms with Crippen molar-refractivity contribution >= 4 is 33.2 Å². The Hall–Kier alpha value is -3.23. The molecule has 7 nitrogen and oxygen atoms in total. The summed E-state index contributed by atoms with van der Waals surface area (Å²) in [5.74, 6) is 0.692. The quantitative estimate of drug-likeness (QED) is 0.486. The van der Waals surface area contributed by atoms with Gasteiger partial charge in [0.2, 0.25) is 0 Å². The highest BCUT2D eigenvalue weighted by atomic mass is 35.5. The fourth-order valence-corrected chi connectivity index (χ4v) is 4.37. The van der Waals surface area contributed by atoms with Crippen LogP contribution in [0.25, 0.3) is 0 Å². The van der Waals surface area contributed by atoms with Gasteiger partial charge in [0.15, 0.2) is 0 Å². The molecule has 1 amide bonds. The minimum atomic E-state index is -3.98. The Kier molecular flexibility index (Phi) is 7.61. The Bertz CT molecular complexity index is 1210. The van der Waals surface area contributed by atoms with Crippen LogP contribution in [0.3, 0.4) is 0 Å². The highest BCUT2D eigenvalue weighted by molar-refractivity contribution is 7.92. The number of hydrogen-bond donors (Lipinski definition) is 2. The molecule has 3 rings (SSSR count). The van der Waals surface area contributed by atoms with E-state index in [4.69, 9.17) is 21.1 Å². The van der Waals surface area contributed by atoms with E-state index in [1.807, 2.05) is 24.3 Å². The van der Waals surface area contributed by atoms with Crippen LogP contribution in [0.1, 0.15) is 15.9 Å². The average Bonchev–Trinajstić information content (AvgIpc) is 2.79. The molecule has 0 bridgehead atoms. The lowest BCUT2D eigenvalue weighted by molar-refractivity contribution is 0.0954. The smallest absolute Gasteiger partial charge is 0.262 e. The highest BCUT2D eigenvalue weighted by Crippen LogP contribution is 2.30. The molecule has 0 unspecified atom stereocenters. The number of hydrogen-bond acceptors (Lipinski definition) is 5. The summed E-state index contributed by atoms with van der Waals surface area (Å²) in [6, 6.07) is 17.9. The third-order valence-corrected chi connectivity index (χ3v) is 6.28. The van der Waals surface area contributed by atoms with Gasteiger partial charge in [-0.05, 0) is 54.4 Å². The van der Waals surface area contributed by atoms with Crippen molar-refractivity contribution in [1.29, 1.82) is 0 Å². The number of carbonyl (C=O) groups is 1. The number of anilines is 1. The van der Waals surface area contributed by atoms with Crippen LogP contribution in [-0.4, -0.2) is 35.1 Å². The van der Waals surface area contributed by atoms with Crippen molar-refractivity contribution in [2.75, 3.05) is 25.5 Å². The van der Waals surface area contributed by atoms with Crippen LogP contribution in [0.15, 0.2) is 71.6 Å². The molecule has 0 aliphatic heterocycles. The van der Waals surface area contributed by atoms with Gasteiger partial charge in [-0.25, -0.2) is 8.42 Å². The number of amides is 1. The van der Waals surface area contributed by atoms with E-state index in [1.165, 1.54) is 31.4 Å². The lowest BCUT2D eigenvalue weighted by Gasteiger charge is -2.13. The van der Waals surface area contributed by atoms with E-state index < -0.39 is 10.0 Å². The molecule has 0 atom stereocenters. The van der Waals surface area contributed by atoms with Gasteiger partial charge in [0.1, 0.15) is 11.5 Å². The minimum Gasteiger partial charge on any atom is -0.496 e. The number of benzene rings is 3. The lowest BCUT2D eigenvalue weighted by Crippen LogP contribution is -2.26. The lowest BCUT2D eigenvalue weighted by atomic mass is 10.1. The molecule has 3 aromatic rings. The number of para-hydroxylation sites is 1. The van der Waals surface area contributed by atoms with E-state index in [1.54, 1.807) is 25.3 Å². The van der Waals surface area contributed by atoms with E-state index >= 15 is 0 Å². The molecule has 0 fully saturated rings. The van der Waals surface area contributed by atoms with Crippen molar-refractivity contribution < 1.29 is 22.7 Å². The van der Waals surface area contributed by atoms with Crippen LogP contribution in [-0.2, 0) is 16.4 Å². The topological polar surface area (TPSA) is 93.7 Å². The van der Waals surface area contributed by atoms with E-state index in [0.717, 1.165) is 11.3 Å². The summed E-state index contributed by atoms with van der Waals surface area (Å²) in [4.78, 5) is 12.5. The zero-order valence-corrected chi connectivity index (χ0v) is 19.2. The summed E-state index contributed by atoms with van der Waals surface area (Å²) in [5.41, 5.74) is 1.39. The molecule has 0 saturated carbocycles. The molecule has 9 heteroatoms. The van der Waals surface area contributed by atoms with E-state index in [-0.39, 0.29) is 22.1 Å². The first-order chi connectivity index (χ1) is 15.3. The van der Waals surface area contributed by atoms with Crippen molar-refractivity contribution in [3.63, 3.8) is 0 Å². The van der Waals surface area contributed by atoms with Gasteiger partial charge in [-0.1, -0.05) is 35.9 Å². The van der Waals surface area contributed by atoms with Gasteiger partial charge in [0.05, 0.1) is 24.8 Å². The first-order valence-electron chi connectivity index (χ1n) is 9.70. The maximum atomic E-state index is 12.9. The van der Waals surface area contributed by atoms with Crippen molar-refractivity contribution in [3.05, 3.63) is 82.9 Å². The minimum absolute atomic E-state index is 0.0584. The first kappa shape index (κ1) is 23.4. The number of halogens is 1. The molecule has 168 valence electrons. The van der Waals surface area contributed by atoms with Gasteiger partial charge in [-0.2, -0.15) is 0 Å². The Morgan fingerprint density at radius 1 is 0.938 bits per heavy atom. The maximum Gasteiger partial charge on any atom is 0.262 e. The molecule has 0 aliphatic rings. The largest absolute Gasteiger partial charge is 0.496 e. The predicted octanol–water partition coefficient (Wildman–Crippen LogP) is 4.13. The SMILES string of the molecule is COc1ccccc1CCNC(=O)c1cccc(S(=O)(=O)Nc2cc(Cl)ccc2OC)c1. The van der Waals surface area contributed by atoms with Crippen LogP contribution in [0, 0.1) is 0 Å². The second kappa shape index (κ2) is 10.4. The molecule has 0 radical (unpaired) electrons. The molecule has 3 aromatic carbocycles. The zero-order chi connectivity index (χ0) is 23.1. The van der Waals surface area contributed by atoms with Gasteiger partial charge < -0.3 is 14.8 Å². The second-order valence-electron chi connectivity index (χ2n) is 6.80. The summed E-state index contributed by atoms with van der Waals surface area (Å²) >= 11 is 5.98. The Labute approximate surface area is 192 Å². The van der Waals surface area contributed by atoms with Gasteiger partial charge in [0, 0.05) is 17.1 Å². The molecular formula is C23H23ClN2O5S. The van der Waals surface area contributed by atoms with Crippen molar-refractivity contribution in [3.8, 4) is 11.5 Å². The summed E-state index contributed by atoms with van der Waals surface area (Å²) in [7, 11) is -0.955. The van der Waals surface area contributed by atoms with Crippen molar-refractivity contribution in [2.45, 2.75) is 11.3 Å². The van der Waals surface area contributed by atoms with E-state index in [9.17, 15) is 13.2 Å². The van der Waals surface area contributed by atoms with Crippen LogP contribution < -0.4 is 19.5 Å². The fourth-order valence-electron chi connectivity index (χ4n) is 3.09. The second-order valence-corrected chi connectivity index (χ2v) is 8.91. The number of ether oxygens (including phenoxy) is 2. The normalized spacial score (nSPS) is 11.0. The molecule has 0 saturated heterocycles. The first-order valence-corrected chi connectivity index (χ1v) is 11.6. The van der Waals surface area contributed by atoms with Gasteiger partial charge in [-0.15, -0.1) is 0 Å². The summed E-state index contributed by atoms with van der Waals surface area (Å²) in [6.07, 6.45) is 0.573. The van der Waals surface area contributed by atoms with E-state index in [2.05, 4.69) is 10.0 Å². The molecule has 32 heavy (non-hydrogen) atoms. The summed E-state index contributed by atoms with van der Waals surface area (Å²) in [6.45, 7) is 0.369. The highest BCUT2D eigenvalue weighted by Gasteiger charge is 2.19. The van der Waals surface area contributed by atoms with Crippen molar-refractivity contribution in [1.82, 2.24) is 5.32 Å². The van der Waals surface area contributed by atoms with Crippen LogP contribution in [0.4, 0.5) is 5.69 Å². The molecule has 2 N–H and O–H groups in total. The molecule has 0 spiro atoms. The summed E-state index contributed by atoms with van der Waals surface area (Å²) in [5, 5.41) is 3.16. The number of nitrogens with one attached hydrogen (secondary N) is 2. The Morgan fingerprint density at radius 3 is 2.44 bits per heavy atom. The number of rotatable bonds is 9. The van der Waals surface area contributed by atoms with Crippen LogP contribution in [0.5, 0.6) is 11.5 Å². The van der Waals surface area contributed by atoms with Crippen LogP contribution in [0.2, 0.25) is 5.02 Å². The number of carbonyl (C=O) groups excluding carboxylic acids is 1. The maximum absolute atomic E-state index is 12.9. The molecule has 0 aliphatic carbocycles. The Morgan fingerprint density at radius 2 is 1.69 bits per heavy atom. The van der Waals surface area contributed by atoms with Gasteiger partial charge >= 0.3 is 0 Å². The predicted molar refractivity (Wildman–Crippen MR) is 124 cm³/mol. The van der Waals surface area contributed by atoms with Gasteiger partial charge in [-0.3, -0.25) is 9.52 Å². The molecular weight excluding hydrogens is 452 g/mol. The molecule has 0 aromatic heterocycles. The average molecular weight is 475 g/mol. The Balaban J connectivity index is 1.71. The summed E-state index contributed by atoms with van der Waals surface area (Å²) < 4.78 is 38.7. The van der Waals surface area contributed by atoms with Crippen LogP contribution >= 0.6 is 11.6 Å². The monoisotopic (exact) mass is 474 g/mol. The standard InChI is InChI=1S/C23H23ClN2O5S/c1-30-21-9-4-3-6-16(21)12-13-25-23(27)17-7-5-8-19(14-17)32(28,29)26-20-15-18(24)10-11-22(20)31-2/h3-11,14-15,26H,12-13H2,1-2H3,(H,25,27). The number of sulfonamides is 1. The fraction of sp³-hybridized carbons (Fsp3) is 0.174. The third kappa shape index (κ3) is 5.72. The van der Waals surface area contributed by atoms with E-state index in [0.29, 0.717) is 23.7 Å². The molecule has 0 heterocycles. The third-order valence-electron chi connectivity index (χ3n) is 4.68. The zero-order valence-electron chi connectivity index (χ0n) is 17.6. The number of methoxy groups -OCH3 is 2. The van der Waals surface area contributed by atoms with Crippen molar-refractivity contribution in [2.24, 2.45) is 0 Å².